The Hall–Kier alpha value is -1.61. The highest BCUT2D eigenvalue weighted by atomic mass is 16.5. The number of hydrogen-bond acceptors (Lipinski definition) is 5. The summed E-state index contributed by atoms with van der Waals surface area (Å²) in [6.07, 6.45) is 0.238. The molecule has 1 aliphatic heterocycles. The van der Waals surface area contributed by atoms with Gasteiger partial charge in [0.25, 0.3) is 0 Å². The molecular formula is C15H21N3O2. The number of likely N-dealkylation sites (N-methyl/N-ethyl adjacent to an activating group) is 1. The van der Waals surface area contributed by atoms with Gasteiger partial charge in [0.2, 0.25) is 0 Å². The zero-order valence-corrected chi connectivity index (χ0v) is 12.1. The third-order valence-corrected chi connectivity index (χ3v) is 3.43. The minimum Gasteiger partial charge on any atom is -0.495 e. The summed E-state index contributed by atoms with van der Waals surface area (Å²) in [7, 11) is 3.68. The highest BCUT2D eigenvalue weighted by molar-refractivity contribution is 5.45. The average Bonchev–Trinajstić information content (AvgIpc) is 2.47. The standard InChI is InChI=1S/C15H21N3O2/c1-18-5-6-20-14(11-18)10-17-9-12-3-4-15(19-2)13(7-12)8-16/h3-4,7,14,17H,5-6,9-11H2,1-2H3. The monoisotopic (exact) mass is 275 g/mol. The first-order chi connectivity index (χ1) is 9.72. The highest BCUT2D eigenvalue weighted by Gasteiger charge is 2.16. The number of morpholine rings is 1. The summed E-state index contributed by atoms with van der Waals surface area (Å²) in [5.41, 5.74) is 1.65. The Morgan fingerprint density at radius 3 is 3.10 bits per heavy atom. The van der Waals surface area contributed by atoms with Gasteiger partial charge in [0.1, 0.15) is 11.8 Å². The van der Waals surface area contributed by atoms with Gasteiger partial charge in [0.05, 0.1) is 25.4 Å². The zero-order valence-electron chi connectivity index (χ0n) is 12.1. The number of hydrogen-bond donors (Lipinski definition) is 1. The lowest BCUT2D eigenvalue weighted by Gasteiger charge is -2.30. The maximum atomic E-state index is 9.06. The second-order valence-electron chi connectivity index (χ2n) is 5.03. The molecule has 1 heterocycles. The number of methoxy groups -OCH3 is 1. The summed E-state index contributed by atoms with van der Waals surface area (Å²) in [4.78, 5) is 2.27. The highest BCUT2D eigenvalue weighted by Crippen LogP contribution is 2.18. The van der Waals surface area contributed by atoms with E-state index in [1.165, 1.54) is 0 Å². The Balaban J connectivity index is 1.83. The van der Waals surface area contributed by atoms with Gasteiger partial charge < -0.3 is 19.7 Å². The van der Waals surface area contributed by atoms with Gasteiger partial charge in [-0.3, -0.25) is 0 Å². The molecule has 0 bridgehead atoms. The van der Waals surface area contributed by atoms with E-state index < -0.39 is 0 Å². The summed E-state index contributed by atoms with van der Waals surface area (Å²) in [5, 5.41) is 12.4. The molecular weight excluding hydrogens is 254 g/mol. The van der Waals surface area contributed by atoms with Gasteiger partial charge in [-0.2, -0.15) is 5.26 Å². The van der Waals surface area contributed by atoms with Crippen LogP contribution >= 0.6 is 0 Å². The maximum absolute atomic E-state index is 9.06. The first kappa shape index (κ1) is 14.8. The van der Waals surface area contributed by atoms with Crippen LogP contribution in [0, 0.1) is 11.3 Å². The lowest BCUT2D eigenvalue weighted by atomic mass is 10.1. The smallest absolute Gasteiger partial charge is 0.136 e. The number of nitriles is 1. The number of nitrogens with one attached hydrogen (secondary N) is 1. The van der Waals surface area contributed by atoms with E-state index in [-0.39, 0.29) is 6.10 Å². The van der Waals surface area contributed by atoms with Crippen LogP contribution in [-0.4, -0.2) is 51.4 Å². The second-order valence-corrected chi connectivity index (χ2v) is 5.03. The lowest BCUT2D eigenvalue weighted by Crippen LogP contribution is -2.44. The van der Waals surface area contributed by atoms with E-state index in [2.05, 4.69) is 23.3 Å². The number of nitrogens with zero attached hydrogens (tertiary/aromatic N) is 2. The van der Waals surface area contributed by atoms with Gasteiger partial charge in [-0.15, -0.1) is 0 Å². The van der Waals surface area contributed by atoms with Crippen LogP contribution in [-0.2, 0) is 11.3 Å². The van der Waals surface area contributed by atoms with Crippen molar-refractivity contribution in [2.45, 2.75) is 12.6 Å². The average molecular weight is 275 g/mol. The number of ether oxygens (including phenoxy) is 2. The molecule has 0 amide bonds. The third-order valence-electron chi connectivity index (χ3n) is 3.43. The molecule has 5 heteroatoms. The van der Waals surface area contributed by atoms with Crippen LogP contribution in [0.3, 0.4) is 0 Å². The van der Waals surface area contributed by atoms with E-state index in [1.54, 1.807) is 7.11 Å². The first-order valence-corrected chi connectivity index (χ1v) is 6.81. The van der Waals surface area contributed by atoms with Crippen LogP contribution < -0.4 is 10.1 Å². The van der Waals surface area contributed by atoms with Crippen molar-refractivity contribution >= 4 is 0 Å². The molecule has 0 spiro atoms. The Bertz CT molecular complexity index is 484. The van der Waals surface area contributed by atoms with Crippen LogP contribution in [0.5, 0.6) is 5.75 Å². The van der Waals surface area contributed by atoms with E-state index in [0.29, 0.717) is 11.3 Å². The fraction of sp³-hybridized carbons (Fsp3) is 0.533. The molecule has 0 saturated carbocycles. The molecule has 0 aromatic heterocycles. The van der Waals surface area contributed by atoms with Crippen molar-refractivity contribution in [1.29, 1.82) is 5.26 Å². The largest absolute Gasteiger partial charge is 0.495 e. The number of benzene rings is 1. The molecule has 1 saturated heterocycles. The van der Waals surface area contributed by atoms with Gasteiger partial charge in [-0.25, -0.2) is 0 Å². The first-order valence-electron chi connectivity index (χ1n) is 6.81. The summed E-state index contributed by atoms with van der Waals surface area (Å²) in [6.45, 7) is 4.30. The summed E-state index contributed by atoms with van der Waals surface area (Å²) in [6, 6.07) is 7.82. The normalized spacial score (nSPS) is 19.6. The summed E-state index contributed by atoms with van der Waals surface area (Å²) < 4.78 is 10.8. The predicted octanol–water partition coefficient (Wildman–Crippen LogP) is 0.987. The summed E-state index contributed by atoms with van der Waals surface area (Å²) >= 11 is 0. The van der Waals surface area contributed by atoms with Crippen molar-refractivity contribution in [3.05, 3.63) is 29.3 Å². The number of rotatable bonds is 5. The molecule has 1 atom stereocenters. The van der Waals surface area contributed by atoms with E-state index in [0.717, 1.165) is 38.3 Å². The van der Waals surface area contributed by atoms with Gasteiger partial charge in [-0.1, -0.05) is 6.07 Å². The maximum Gasteiger partial charge on any atom is 0.136 e. The van der Waals surface area contributed by atoms with E-state index >= 15 is 0 Å². The van der Waals surface area contributed by atoms with Crippen LogP contribution in [0.25, 0.3) is 0 Å². The molecule has 5 nitrogen and oxygen atoms in total. The van der Waals surface area contributed by atoms with Gasteiger partial charge >= 0.3 is 0 Å². The molecule has 1 aromatic rings. The van der Waals surface area contributed by atoms with Crippen molar-refractivity contribution in [1.82, 2.24) is 10.2 Å². The predicted molar refractivity (Wildman–Crippen MR) is 76.7 cm³/mol. The van der Waals surface area contributed by atoms with Crippen molar-refractivity contribution < 1.29 is 9.47 Å². The minimum absolute atomic E-state index is 0.238. The van der Waals surface area contributed by atoms with Crippen molar-refractivity contribution in [2.24, 2.45) is 0 Å². The molecule has 1 aromatic carbocycles. The fourth-order valence-electron chi connectivity index (χ4n) is 2.32. The molecule has 108 valence electrons. The fourth-order valence-corrected chi connectivity index (χ4v) is 2.32. The van der Waals surface area contributed by atoms with Crippen LogP contribution in [0.4, 0.5) is 0 Å². The van der Waals surface area contributed by atoms with Crippen LogP contribution in [0.1, 0.15) is 11.1 Å². The van der Waals surface area contributed by atoms with Crippen LogP contribution in [0.15, 0.2) is 18.2 Å². The summed E-state index contributed by atoms with van der Waals surface area (Å²) in [5.74, 6) is 0.619. The molecule has 1 aliphatic rings. The molecule has 0 aliphatic carbocycles. The second kappa shape index (κ2) is 7.25. The van der Waals surface area contributed by atoms with Gasteiger partial charge in [-0.05, 0) is 24.7 Å². The van der Waals surface area contributed by atoms with Crippen molar-refractivity contribution in [2.75, 3.05) is 40.4 Å². The van der Waals surface area contributed by atoms with E-state index in [4.69, 9.17) is 14.7 Å². The Labute approximate surface area is 120 Å². The Morgan fingerprint density at radius 1 is 1.55 bits per heavy atom. The zero-order chi connectivity index (χ0) is 14.4. The molecule has 0 radical (unpaired) electrons. The van der Waals surface area contributed by atoms with Crippen LogP contribution in [0.2, 0.25) is 0 Å². The molecule has 2 rings (SSSR count). The quantitative estimate of drug-likeness (QED) is 0.868. The molecule has 1 N–H and O–H groups in total. The molecule has 1 fully saturated rings. The minimum atomic E-state index is 0.238. The SMILES string of the molecule is COc1ccc(CNCC2CN(C)CCO2)cc1C#N. The molecule has 20 heavy (non-hydrogen) atoms. The van der Waals surface area contributed by atoms with Crippen molar-refractivity contribution in [3.8, 4) is 11.8 Å². The third kappa shape index (κ3) is 3.94. The van der Waals surface area contributed by atoms with E-state index in [1.807, 2.05) is 18.2 Å². The topological polar surface area (TPSA) is 57.5 Å². The Morgan fingerprint density at radius 2 is 2.40 bits per heavy atom. The lowest BCUT2D eigenvalue weighted by molar-refractivity contribution is -0.0182. The van der Waals surface area contributed by atoms with E-state index in [9.17, 15) is 0 Å². The van der Waals surface area contributed by atoms with Crippen molar-refractivity contribution in [3.63, 3.8) is 0 Å². The molecule has 1 unspecified atom stereocenters. The van der Waals surface area contributed by atoms with Gasteiger partial charge in [0, 0.05) is 26.2 Å². The Kier molecular flexibility index (Phi) is 5.36. The van der Waals surface area contributed by atoms with Gasteiger partial charge in [0.15, 0.2) is 0 Å².